The lowest BCUT2D eigenvalue weighted by atomic mass is 10.1. The van der Waals surface area contributed by atoms with Gasteiger partial charge in [0.15, 0.2) is 0 Å². The summed E-state index contributed by atoms with van der Waals surface area (Å²) >= 11 is 0. The Hall–Kier alpha value is -0.806. The van der Waals surface area contributed by atoms with Gasteiger partial charge < -0.3 is 4.23 Å². The van der Waals surface area contributed by atoms with Gasteiger partial charge in [-0.15, -0.1) is 0 Å². The Labute approximate surface area is 121 Å². The van der Waals surface area contributed by atoms with Crippen molar-refractivity contribution in [1.29, 1.82) is 0 Å². The summed E-state index contributed by atoms with van der Waals surface area (Å²) in [6.45, 7) is 16.9. The van der Waals surface area contributed by atoms with Crippen LogP contribution >= 0.6 is 0 Å². The highest BCUT2D eigenvalue weighted by atomic mass is 28.4. The van der Waals surface area contributed by atoms with Crippen molar-refractivity contribution >= 4 is 28.2 Å². The number of benzene rings is 1. The lowest BCUT2D eigenvalue weighted by molar-refractivity contribution is 1.23. The second-order valence-corrected chi connectivity index (χ2v) is 17.1. The lowest BCUT2D eigenvalue weighted by Crippen LogP contribution is -2.59. The number of para-hydroxylation sites is 1. The van der Waals surface area contributed by atoms with Crippen LogP contribution in [0.15, 0.2) is 30.3 Å². The SMILES string of the molecule is CCC=Cc1ccccc1N([Si](C)(C)C)[Si](C)(C)C. The minimum Gasteiger partial charge on any atom is -0.424 e. The summed E-state index contributed by atoms with van der Waals surface area (Å²) in [5, 5.41) is 0. The molecule has 106 valence electrons. The number of rotatable bonds is 5. The van der Waals surface area contributed by atoms with Crippen molar-refractivity contribution in [2.24, 2.45) is 0 Å². The highest BCUT2D eigenvalue weighted by molar-refractivity contribution is 6.99. The summed E-state index contributed by atoms with van der Waals surface area (Å²) in [6, 6.07) is 8.86. The Kier molecular flexibility index (Phi) is 5.21. The number of anilines is 1. The molecule has 0 amide bonds. The Balaban J connectivity index is 3.35. The van der Waals surface area contributed by atoms with Crippen LogP contribution in [-0.4, -0.2) is 16.5 Å². The molecule has 1 rings (SSSR count). The minimum absolute atomic E-state index is 1.09. The van der Waals surface area contributed by atoms with Gasteiger partial charge in [-0.1, -0.05) is 76.6 Å². The Morgan fingerprint density at radius 1 is 0.947 bits per heavy atom. The van der Waals surface area contributed by atoms with E-state index in [9.17, 15) is 0 Å². The van der Waals surface area contributed by atoms with Crippen LogP contribution in [0, 0.1) is 0 Å². The van der Waals surface area contributed by atoms with Crippen molar-refractivity contribution in [3.8, 4) is 0 Å². The molecule has 0 spiro atoms. The molecule has 0 atom stereocenters. The molecule has 1 aromatic carbocycles. The third-order valence-corrected chi connectivity index (χ3v) is 10.2. The van der Waals surface area contributed by atoms with E-state index in [0.29, 0.717) is 0 Å². The number of hydrogen-bond donors (Lipinski definition) is 0. The first-order chi connectivity index (χ1) is 8.68. The van der Waals surface area contributed by atoms with Crippen LogP contribution in [0.1, 0.15) is 18.9 Å². The van der Waals surface area contributed by atoms with Gasteiger partial charge in [-0.05, 0) is 18.1 Å². The van der Waals surface area contributed by atoms with E-state index in [0.717, 1.165) is 6.42 Å². The zero-order valence-electron chi connectivity index (χ0n) is 13.6. The zero-order chi connectivity index (χ0) is 14.7. The van der Waals surface area contributed by atoms with Gasteiger partial charge in [-0.25, -0.2) is 0 Å². The van der Waals surface area contributed by atoms with Gasteiger partial charge in [0.2, 0.25) is 0 Å². The third kappa shape index (κ3) is 4.35. The molecule has 3 heteroatoms. The molecule has 0 saturated heterocycles. The molecule has 0 aliphatic carbocycles. The first-order valence-electron chi connectivity index (χ1n) is 7.24. The Morgan fingerprint density at radius 3 is 1.95 bits per heavy atom. The van der Waals surface area contributed by atoms with E-state index in [1.807, 2.05) is 0 Å². The van der Waals surface area contributed by atoms with Crippen LogP contribution in [-0.2, 0) is 0 Å². The van der Waals surface area contributed by atoms with E-state index in [4.69, 9.17) is 0 Å². The lowest BCUT2D eigenvalue weighted by Gasteiger charge is -2.46. The van der Waals surface area contributed by atoms with Crippen LogP contribution in [0.5, 0.6) is 0 Å². The summed E-state index contributed by atoms with van der Waals surface area (Å²) < 4.78 is 2.79. The fraction of sp³-hybridized carbons (Fsp3) is 0.500. The summed E-state index contributed by atoms with van der Waals surface area (Å²) in [4.78, 5) is 0. The van der Waals surface area contributed by atoms with Gasteiger partial charge in [-0.3, -0.25) is 0 Å². The molecule has 0 fully saturated rings. The predicted molar refractivity (Wildman–Crippen MR) is 94.9 cm³/mol. The third-order valence-electron chi connectivity index (χ3n) is 3.05. The summed E-state index contributed by atoms with van der Waals surface area (Å²) in [5.74, 6) is 0. The highest BCUT2D eigenvalue weighted by Crippen LogP contribution is 2.31. The number of nitrogens with zero attached hydrogens (tertiary/aromatic N) is 1. The summed E-state index contributed by atoms with van der Waals surface area (Å²) in [6.07, 6.45) is 5.63. The molecule has 0 aliphatic heterocycles. The molecule has 1 aromatic rings. The second-order valence-electron chi connectivity index (χ2n) is 7.05. The second kappa shape index (κ2) is 6.10. The maximum atomic E-state index is 2.79. The Morgan fingerprint density at radius 2 is 1.47 bits per heavy atom. The quantitative estimate of drug-likeness (QED) is 0.640. The minimum atomic E-state index is -1.37. The smallest absolute Gasteiger partial charge is 0.138 e. The molecular weight excluding hydrogens is 262 g/mol. The van der Waals surface area contributed by atoms with Gasteiger partial charge in [0, 0.05) is 5.69 Å². The van der Waals surface area contributed by atoms with Gasteiger partial charge >= 0.3 is 0 Å². The van der Waals surface area contributed by atoms with Crippen molar-refractivity contribution in [1.82, 2.24) is 0 Å². The molecule has 0 saturated carbocycles. The fourth-order valence-corrected chi connectivity index (χ4v) is 12.7. The molecule has 19 heavy (non-hydrogen) atoms. The van der Waals surface area contributed by atoms with Crippen LogP contribution in [0.25, 0.3) is 6.08 Å². The molecule has 0 aromatic heterocycles. The average Bonchev–Trinajstić information content (AvgIpc) is 2.24. The van der Waals surface area contributed by atoms with Crippen LogP contribution in [0.3, 0.4) is 0 Å². The topological polar surface area (TPSA) is 3.24 Å². The van der Waals surface area contributed by atoms with Crippen molar-refractivity contribution in [3.05, 3.63) is 35.9 Å². The van der Waals surface area contributed by atoms with Crippen molar-refractivity contribution in [3.63, 3.8) is 0 Å². The molecule has 0 radical (unpaired) electrons. The standard InChI is InChI=1S/C16H29NSi2/c1-8-9-12-15-13-10-11-14-16(15)17(18(2,3)4)19(5,6)7/h9-14H,8H2,1-7H3. The van der Waals surface area contributed by atoms with Crippen molar-refractivity contribution in [2.75, 3.05) is 4.23 Å². The van der Waals surface area contributed by atoms with Gasteiger partial charge in [0.25, 0.3) is 0 Å². The number of hydrogen-bond acceptors (Lipinski definition) is 1. The summed E-state index contributed by atoms with van der Waals surface area (Å²) in [7, 11) is -2.74. The average molecular weight is 292 g/mol. The van der Waals surface area contributed by atoms with Gasteiger partial charge in [0.1, 0.15) is 16.5 Å². The van der Waals surface area contributed by atoms with Crippen LogP contribution in [0.2, 0.25) is 39.3 Å². The molecule has 0 aliphatic rings. The predicted octanol–water partition coefficient (Wildman–Crippen LogP) is 5.59. The molecule has 0 N–H and O–H groups in total. The van der Waals surface area contributed by atoms with E-state index in [2.05, 4.69) is 86.9 Å². The molecular formula is C16H29NSi2. The first-order valence-corrected chi connectivity index (χ1v) is 14.1. The molecule has 0 bridgehead atoms. The van der Waals surface area contributed by atoms with E-state index in [1.165, 1.54) is 11.3 Å². The zero-order valence-corrected chi connectivity index (χ0v) is 15.6. The van der Waals surface area contributed by atoms with Crippen molar-refractivity contribution < 1.29 is 0 Å². The fourth-order valence-electron chi connectivity index (χ4n) is 2.81. The molecule has 0 unspecified atom stereocenters. The maximum absolute atomic E-state index is 2.79. The number of allylic oxidation sites excluding steroid dienone is 1. The summed E-state index contributed by atoms with van der Waals surface area (Å²) in [5.41, 5.74) is 2.81. The monoisotopic (exact) mass is 291 g/mol. The van der Waals surface area contributed by atoms with E-state index in [1.54, 1.807) is 0 Å². The largest absolute Gasteiger partial charge is 0.424 e. The molecule has 0 heterocycles. The first kappa shape index (κ1) is 16.2. The maximum Gasteiger partial charge on any atom is 0.138 e. The Bertz CT molecular complexity index is 425. The highest BCUT2D eigenvalue weighted by Gasteiger charge is 2.35. The van der Waals surface area contributed by atoms with E-state index < -0.39 is 16.5 Å². The van der Waals surface area contributed by atoms with E-state index in [-0.39, 0.29) is 0 Å². The van der Waals surface area contributed by atoms with Crippen LogP contribution < -0.4 is 4.23 Å². The van der Waals surface area contributed by atoms with Crippen LogP contribution in [0.4, 0.5) is 5.69 Å². The van der Waals surface area contributed by atoms with Crippen molar-refractivity contribution in [2.45, 2.75) is 52.6 Å². The van der Waals surface area contributed by atoms with E-state index >= 15 is 0 Å². The van der Waals surface area contributed by atoms with Gasteiger partial charge in [0.05, 0.1) is 0 Å². The molecule has 1 nitrogen and oxygen atoms in total. The van der Waals surface area contributed by atoms with Gasteiger partial charge in [-0.2, -0.15) is 0 Å². The normalized spacial score (nSPS) is 13.0.